The molecular weight excluding hydrogens is 222 g/mol. The molecular formula is C12H25NO2S. The molecule has 0 aromatic carbocycles. The summed E-state index contributed by atoms with van der Waals surface area (Å²) in [6.45, 7) is 9.54. The lowest BCUT2D eigenvalue weighted by Crippen LogP contribution is -2.52. The van der Waals surface area contributed by atoms with Crippen LogP contribution in [0.3, 0.4) is 0 Å². The Morgan fingerprint density at radius 1 is 1.00 bits per heavy atom. The first-order chi connectivity index (χ1) is 7.08. The summed E-state index contributed by atoms with van der Waals surface area (Å²) in [5.74, 6) is 0. The van der Waals surface area contributed by atoms with E-state index in [4.69, 9.17) is 0 Å². The monoisotopic (exact) mass is 247 g/mol. The van der Waals surface area contributed by atoms with Crippen LogP contribution in [0.5, 0.6) is 0 Å². The highest BCUT2D eigenvalue weighted by Gasteiger charge is 2.45. The number of sulfonamides is 1. The quantitative estimate of drug-likeness (QED) is 0.833. The van der Waals surface area contributed by atoms with E-state index in [-0.39, 0.29) is 11.5 Å². The molecule has 0 heterocycles. The topological polar surface area (TPSA) is 46.2 Å². The summed E-state index contributed by atoms with van der Waals surface area (Å²) < 4.78 is 26.8. The smallest absolute Gasteiger partial charge is 0.212 e. The molecule has 1 N–H and O–H groups in total. The zero-order valence-electron chi connectivity index (χ0n) is 11.1. The van der Waals surface area contributed by atoms with Gasteiger partial charge in [0.2, 0.25) is 10.0 Å². The molecule has 0 amide bonds. The van der Waals surface area contributed by atoms with Crippen LogP contribution in [-0.2, 0) is 10.0 Å². The van der Waals surface area contributed by atoms with Crippen molar-refractivity contribution in [2.75, 3.05) is 0 Å². The second-order valence-corrected chi connectivity index (χ2v) is 8.63. The molecule has 0 atom stereocenters. The zero-order chi connectivity index (χ0) is 12.6. The second kappa shape index (κ2) is 4.30. The first-order valence-corrected chi connectivity index (χ1v) is 7.58. The fourth-order valence-electron chi connectivity index (χ4n) is 1.81. The summed E-state index contributed by atoms with van der Waals surface area (Å²) in [6, 6.07) is 0.159. The van der Waals surface area contributed by atoms with Crippen LogP contribution >= 0.6 is 0 Å². The first-order valence-electron chi connectivity index (χ1n) is 6.10. The van der Waals surface area contributed by atoms with E-state index < -0.39 is 14.8 Å². The molecule has 0 aromatic heterocycles. The maximum Gasteiger partial charge on any atom is 0.217 e. The Kier molecular flexibility index (Phi) is 3.75. The van der Waals surface area contributed by atoms with E-state index in [1.807, 2.05) is 34.6 Å². The van der Waals surface area contributed by atoms with Crippen LogP contribution in [0.2, 0.25) is 0 Å². The third kappa shape index (κ3) is 2.59. The van der Waals surface area contributed by atoms with Gasteiger partial charge in [-0.25, -0.2) is 13.1 Å². The van der Waals surface area contributed by atoms with Crippen molar-refractivity contribution in [3.63, 3.8) is 0 Å². The fraction of sp³-hybridized carbons (Fsp3) is 1.00. The van der Waals surface area contributed by atoms with Crippen molar-refractivity contribution in [2.24, 2.45) is 5.41 Å². The van der Waals surface area contributed by atoms with Crippen molar-refractivity contribution < 1.29 is 8.42 Å². The molecule has 1 fully saturated rings. The summed E-state index contributed by atoms with van der Waals surface area (Å²) in [6.07, 6.45) is 4.26. The van der Waals surface area contributed by atoms with Crippen molar-refractivity contribution >= 4 is 10.0 Å². The maximum absolute atomic E-state index is 12.3. The molecule has 0 bridgehead atoms. The van der Waals surface area contributed by atoms with Gasteiger partial charge in [0.15, 0.2) is 0 Å². The Labute approximate surface area is 100 Å². The van der Waals surface area contributed by atoms with Crippen LogP contribution in [0, 0.1) is 5.41 Å². The Hall–Kier alpha value is -0.0900. The summed E-state index contributed by atoms with van der Waals surface area (Å²) in [4.78, 5) is 0. The molecule has 1 aliphatic rings. The number of hydrogen-bond donors (Lipinski definition) is 1. The average Bonchev–Trinajstić information content (AvgIpc) is 2.53. The Morgan fingerprint density at radius 3 is 1.81 bits per heavy atom. The van der Waals surface area contributed by atoms with Gasteiger partial charge in [-0.1, -0.05) is 33.6 Å². The second-order valence-electron chi connectivity index (χ2n) is 6.36. The molecule has 0 spiro atoms. The molecule has 0 aliphatic heterocycles. The van der Waals surface area contributed by atoms with Crippen LogP contribution in [-0.4, -0.2) is 19.2 Å². The number of hydrogen-bond acceptors (Lipinski definition) is 2. The summed E-state index contributed by atoms with van der Waals surface area (Å²) >= 11 is 0. The minimum Gasteiger partial charge on any atom is -0.212 e. The van der Waals surface area contributed by atoms with Crippen molar-refractivity contribution in [1.82, 2.24) is 4.72 Å². The summed E-state index contributed by atoms with van der Waals surface area (Å²) in [5, 5.41) is 0. The van der Waals surface area contributed by atoms with Gasteiger partial charge in [-0.15, -0.1) is 0 Å². The molecule has 1 saturated carbocycles. The highest BCUT2D eigenvalue weighted by molar-refractivity contribution is 7.90. The minimum absolute atomic E-state index is 0.159. The molecule has 3 nitrogen and oxygen atoms in total. The van der Waals surface area contributed by atoms with Gasteiger partial charge in [0, 0.05) is 6.04 Å². The highest BCUT2D eigenvalue weighted by Crippen LogP contribution is 2.36. The average molecular weight is 247 g/mol. The maximum atomic E-state index is 12.3. The zero-order valence-corrected chi connectivity index (χ0v) is 11.9. The van der Waals surface area contributed by atoms with Crippen molar-refractivity contribution in [3.05, 3.63) is 0 Å². The molecule has 16 heavy (non-hydrogen) atoms. The van der Waals surface area contributed by atoms with Crippen molar-refractivity contribution in [1.29, 1.82) is 0 Å². The van der Waals surface area contributed by atoms with Crippen LogP contribution < -0.4 is 4.72 Å². The van der Waals surface area contributed by atoms with Crippen molar-refractivity contribution in [3.8, 4) is 0 Å². The first kappa shape index (κ1) is 14.0. The highest BCUT2D eigenvalue weighted by atomic mass is 32.2. The predicted octanol–water partition coefficient (Wildman–Crippen LogP) is 2.67. The molecule has 96 valence electrons. The van der Waals surface area contributed by atoms with Crippen LogP contribution in [0.1, 0.15) is 60.3 Å². The van der Waals surface area contributed by atoms with Crippen LogP contribution in [0.25, 0.3) is 0 Å². The normalized spacial score (nSPS) is 20.3. The van der Waals surface area contributed by atoms with E-state index in [9.17, 15) is 8.42 Å². The van der Waals surface area contributed by atoms with Gasteiger partial charge in [-0.2, -0.15) is 0 Å². The van der Waals surface area contributed by atoms with Gasteiger partial charge >= 0.3 is 0 Å². The lowest BCUT2D eigenvalue weighted by Gasteiger charge is -2.38. The molecule has 1 rings (SSSR count). The van der Waals surface area contributed by atoms with E-state index in [0.717, 1.165) is 25.7 Å². The van der Waals surface area contributed by atoms with E-state index in [1.54, 1.807) is 0 Å². The van der Waals surface area contributed by atoms with E-state index >= 15 is 0 Å². The summed E-state index contributed by atoms with van der Waals surface area (Å²) in [5.41, 5.74) is -0.266. The van der Waals surface area contributed by atoms with E-state index in [0.29, 0.717) is 0 Å². The molecule has 0 unspecified atom stereocenters. The number of nitrogens with one attached hydrogen (secondary N) is 1. The summed E-state index contributed by atoms with van der Waals surface area (Å²) in [7, 11) is -3.25. The Balaban J connectivity index is 2.84. The van der Waals surface area contributed by atoms with Gasteiger partial charge in [-0.05, 0) is 32.1 Å². The third-order valence-corrected chi connectivity index (χ3v) is 6.75. The molecule has 4 heteroatoms. The molecule has 0 aromatic rings. The van der Waals surface area contributed by atoms with E-state index in [1.165, 1.54) is 0 Å². The fourth-order valence-corrected chi connectivity index (χ4v) is 3.59. The van der Waals surface area contributed by atoms with Crippen LogP contribution in [0.15, 0.2) is 0 Å². The molecule has 0 radical (unpaired) electrons. The lowest BCUT2D eigenvalue weighted by molar-refractivity contribution is 0.298. The van der Waals surface area contributed by atoms with Gasteiger partial charge in [0.1, 0.15) is 0 Å². The standard InChI is InChI=1S/C12H25NO2S/c1-11(2,3)12(4,5)16(14,15)13-10-8-6-7-9-10/h10,13H,6-9H2,1-5H3. The Morgan fingerprint density at radius 2 is 1.44 bits per heavy atom. The van der Waals surface area contributed by atoms with Gasteiger partial charge in [0.25, 0.3) is 0 Å². The largest absolute Gasteiger partial charge is 0.217 e. The molecule has 0 saturated heterocycles. The minimum atomic E-state index is -3.25. The Bertz CT molecular complexity index is 333. The molecule has 1 aliphatic carbocycles. The van der Waals surface area contributed by atoms with Crippen LogP contribution in [0.4, 0.5) is 0 Å². The SMILES string of the molecule is CC(C)(C)C(C)(C)S(=O)(=O)NC1CCCC1. The van der Waals surface area contributed by atoms with Gasteiger partial charge in [-0.3, -0.25) is 0 Å². The third-order valence-electron chi connectivity index (χ3n) is 4.15. The van der Waals surface area contributed by atoms with Gasteiger partial charge < -0.3 is 0 Å². The lowest BCUT2D eigenvalue weighted by atomic mass is 9.83. The number of rotatable bonds is 3. The predicted molar refractivity (Wildman–Crippen MR) is 67.8 cm³/mol. The van der Waals surface area contributed by atoms with E-state index in [2.05, 4.69) is 4.72 Å². The van der Waals surface area contributed by atoms with Crippen molar-refractivity contribution in [2.45, 2.75) is 71.1 Å². The van der Waals surface area contributed by atoms with Gasteiger partial charge in [0.05, 0.1) is 4.75 Å².